The highest BCUT2D eigenvalue weighted by Gasteiger charge is 2.08. The van der Waals surface area contributed by atoms with E-state index in [4.69, 9.17) is 12.2 Å². The first-order valence-electron chi connectivity index (χ1n) is 5.33. The lowest BCUT2D eigenvalue weighted by molar-refractivity contribution is 0.811. The van der Waals surface area contributed by atoms with Gasteiger partial charge in [0.15, 0.2) is 0 Å². The molecule has 0 fully saturated rings. The topological polar surface area (TPSA) is 29.3 Å². The molecule has 0 aliphatic rings. The summed E-state index contributed by atoms with van der Waals surface area (Å²) >= 11 is 3.54. The van der Waals surface area contributed by atoms with Gasteiger partial charge in [-0.15, -0.1) is 6.42 Å². The van der Waals surface area contributed by atoms with Crippen LogP contribution in [-0.4, -0.2) is 13.1 Å². The number of rotatable bonds is 4. The minimum Gasteiger partial charge on any atom is -0.361 e. The number of terminal acetylenes is 1. The van der Waals surface area contributed by atoms with Crippen LogP contribution < -0.4 is 10.6 Å². The highest BCUT2D eigenvalue weighted by molar-refractivity contribution is 9.10. The summed E-state index contributed by atoms with van der Waals surface area (Å²) in [7, 11) is 0. The van der Waals surface area contributed by atoms with Gasteiger partial charge in [-0.3, -0.25) is 0 Å². The first-order chi connectivity index (χ1) is 7.60. The van der Waals surface area contributed by atoms with Crippen molar-refractivity contribution in [2.24, 2.45) is 5.73 Å². The van der Waals surface area contributed by atoms with Crippen molar-refractivity contribution in [3.8, 4) is 12.3 Å². The quantitative estimate of drug-likeness (QED) is 0.860. The molecule has 2 nitrogen and oxygen atoms in total. The van der Waals surface area contributed by atoms with Crippen molar-refractivity contribution < 1.29 is 0 Å². The van der Waals surface area contributed by atoms with Gasteiger partial charge in [-0.25, -0.2) is 0 Å². The standard InChI is InChI=1S/C13H17BrN2/c1-4-8-16(5-2)11-6-7-12(10(3)15)13(14)9-11/h1,6-7,9-10H,5,8,15H2,2-3H3. The van der Waals surface area contributed by atoms with Gasteiger partial charge in [-0.05, 0) is 31.5 Å². The molecule has 16 heavy (non-hydrogen) atoms. The van der Waals surface area contributed by atoms with Gasteiger partial charge in [-0.1, -0.05) is 27.9 Å². The molecule has 0 bridgehead atoms. The Labute approximate surface area is 106 Å². The summed E-state index contributed by atoms with van der Waals surface area (Å²) in [5, 5.41) is 0. The second-order valence-corrected chi connectivity index (χ2v) is 4.57. The van der Waals surface area contributed by atoms with Crippen LogP contribution in [0.15, 0.2) is 22.7 Å². The van der Waals surface area contributed by atoms with Crippen LogP contribution in [0, 0.1) is 12.3 Å². The molecule has 0 saturated carbocycles. The van der Waals surface area contributed by atoms with Crippen LogP contribution in [0.2, 0.25) is 0 Å². The van der Waals surface area contributed by atoms with Crippen LogP contribution in [0.25, 0.3) is 0 Å². The Balaban J connectivity index is 3.00. The summed E-state index contributed by atoms with van der Waals surface area (Å²) in [6.45, 7) is 5.58. The van der Waals surface area contributed by atoms with E-state index in [0.29, 0.717) is 6.54 Å². The highest BCUT2D eigenvalue weighted by Crippen LogP contribution is 2.27. The average Bonchev–Trinajstić information content (AvgIpc) is 2.25. The predicted octanol–water partition coefficient (Wildman–Crippen LogP) is 2.93. The van der Waals surface area contributed by atoms with E-state index >= 15 is 0 Å². The molecule has 0 radical (unpaired) electrons. The zero-order chi connectivity index (χ0) is 12.1. The van der Waals surface area contributed by atoms with Gasteiger partial charge in [-0.2, -0.15) is 0 Å². The molecular weight excluding hydrogens is 264 g/mol. The molecule has 0 aromatic heterocycles. The fourth-order valence-corrected chi connectivity index (χ4v) is 2.31. The Bertz CT molecular complexity index is 393. The summed E-state index contributed by atoms with van der Waals surface area (Å²) < 4.78 is 1.04. The fraction of sp³-hybridized carbons (Fsp3) is 0.385. The minimum absolute atomic E-state index is 0.0335. The van der Waals surface area contributed by atoms with Crippen molar-refractivity contribution in [1.29, 1.82) is 0 Å². The van der Waals surface area contributed by atoms with E-state index in [2.05, 4.69) is 45.8 Å². The molecule has 3 heteroatoms. The van der Waals surface area contributed by atoms with Crippen molar-refractivity contribution in [1.82, 2.24) is 0 Å². The molecule has 0 heterocycles. The van der Waals surface area contributed by atoms with Crippen LogP contribution >= 0.6 is 15.9 Å². The molecule has 1 aromatic rings. The Hall–Kier alpha value is -0.980. The van der Waals surface area contributed by atoms with Gasteiger partial charge in [0, 0.05) is 22.7 Å². The van der Waals surface area contributed by atoms with E-state index in [1.54, 1.807) is 0 Å². The van der Waals surface area contributed by atoms with Crippen molar-refractivity contribution in [3.05, 3.63) is 28.2 Å². The smallest absolute Gasteiger partial charge is 0.0791 e. The zero-order valence-corrected chi connectivity index (χ0v) is 11.3. The summed E-state index contributed by atoms with van der Waals surface area (Å²) in [6, 6.07) is 6.21. The Kier molecular flexibility index (Phi) is 4.85. The maximum absolute atomic E-state index is 5.86. The lowest BCUT2D eigenvalue weighted by Crippen LogP contribution is -2.22. The number of nitrogens with zero attached hydrogens (tertiary/aromatic N) is 1. The molecular formula is C13H17BrN2. The van der Waals surface area contributed by atoms with Gasteiger partial charge in [0.2, 0.25) is 0 Å². The normalized spacial score (nSPS) is 11.9. The predicted molar refractivity (Wildman–Crippen MR) is 73.5 cm³/mol. The Morgan fingerprint density at radius 3 is 2.69 bits per heavy atom. The fourth-order valence-electron chi connectivity index (χ4n) is 1.58. The molecule has 2 N–H and O–H groups in total. The molecule has 1 unspecified atom stereocenters. The van der Waals surface area contributed by atoms with E-state index < -0.39 is 0 Å². The molecule has 0 aliphatic heterocycles. The summed E-state index contributed by atoms with van der Waals surface area (Å²) in [5.74, 6) is 2.66. The summed E-state index contributed by atoms with van der Waals surface area (Å²) in [5.41, 5.74) is 8.09. The van der Waals surface area contributed by atoms with Gasteiger partial charge in [0.05, 0.1) is 6.54 Å². The van der Waals surface area contributed by atoms with E-state index in [1.165, 1.54) is 0 Å². The largest absolute Gasteiger partial charge is 0.361 e. The number of anilines is 1. The highest BCUT2D eigenvalue weighted by atomic mass is 79.9. The number of hydrogen-bond donors (Lipinski definition) is 1. The van der Waals surface area contributed by atoms with Crippen LogP contribution in [0.1, 0.15) is 25.5 Å². The monoisotopic (exact) mass is 280 g/mol. The Morgan fingerprint density at radius 2 is 2.25 bits per heavy atom. The van der Waals surface area contributed by atoms with Gasteiger partial charge in [0.1, 0.15) is 0 Å². The molecule has 1 rings (SSSR count). The van der Waals surface area contributed by atoms with Crippen molar-refractivity contribution in [2.75, 3.05) is 18.0 Å². The zero-order valence-electron chi connectivity index (χ0n) is 9.70. The average molecular weight is 281 g/mol. The van der Waals surface area contributed by atoms with Gasteiger partial charge >= 0.3 is 0 Å². The minimum atomic E-state index is 0.0335. The first kappa shape index (κ1) is 13.1. The maximum Gasteiger partial charge on any atom is 0.0791 e. The van der Waals surface area contributed by atoms with Crippen LogP contribution in [-0.2, 0) is 0 Å². The van der Waals surface area contributed by atoms with E-state index in [0.717, 1.165) is 22.3 Å². The number of nitrogens with two attached hydrogens (primary N) is 1. The number of halogens is 1. The second-order valence-electron chi connectivity index (χ2n) is 3.71. The lowest BCUT2D eigenvalue weighted by Gasteiger charge is -2.21. The molecule has 1 aromatic carbocycles. The maximum atomic E-state index is 5.86. The molecule has 1 atom stereocenters. The third-order valence-electron chi connectivity index (χ3n) is 2.50. The Morgan fingerprint density at radius 1 is 1.56 bits per heavy atom. The SMILES string of the molecule is C#CCN(CC)c1ccc(C(C)N)c(Br)c1. The van der Waals surface area contributed by atoms with Crippen molar-refractivity contribution in [3.63, 3.8) is 0 Å². The molecule has 0 aliphatic carbocycles. The van der Waals surface area contributed by atoms with E-state index in [9.17, 15) is 0 Å². The van der Waals surface area contributed by atoms with E-state index in [1.807, 2.05) is 13.0 Å². The van der Waals surface area contributed by atoms with Gasteiger partial charge < -0.3 is 10.6 Å². The third kappa shape index (κ3) is 3.01. The lowest BCUT2D eigenvalue weighted by atomic mass is 10.1. The molecule has 0 amide bonds. The van der Waals surface area contributed by atoms with Gasteiger partial charge in [0.25, 0.3) is 0 Å². The van der Waals surface area contributed by atoms with Crippen LogP contribution in [0.4, 0.5) is 5.69 Å². The van der Waals surface area contributed by atoms with Crippen molar-refractivity contribution in [2.45, 2.75) is 19.9 Å². The number of benzene rings is 1. The molecule has 0 spiro atoms. The summed E-state index contributed by atoms with van der Waals surface area (Å²) in [4.78, 5) is 2.13. The first-order valence-corrected chi connectivity index (χ1v) is 6.12. The van der Waals surface area contributed by atoms with Crippen LogP contribution in [0.5, 0.6) is 0 Å². The van der Waals surface area contributed by atoms with Crippen molar-refractivity contribution >= 4 is 21.6 Å². The molecule has 86 valence electrons. The third-order valence-corrected chi connectivity index (χ3v) is 3.19. The number of hydrogen-bond acceptors (Lipinski definition) is 2. The molecule has 0 saturated heterocycles. The summed E-state index contributed by atoms with van der Waals surface area (Å²) in [6.07, 6.45) is 5.34. The van der Waals surface area contributed by atoms with E-state index in [-0.39, 0.29) is 6.04 Å². The van der Waals surface area contributed by atoms with Crippen LogP contribution in [0.3, 0.4) is 0 Å². The second kappa shape index (κ2) is 5.93.